The van der Waals surface area contributed by atoms with Gasteiger partial charge in [0, 0.05) is 26.2 Å². The van der Waals surface area contributed by atoms with Gasteiger partial charge in [0.15, 0.2) is 5.13 Å². The number of thiazole rings is 1. The summed E-state index contributed by atoms with van der Waals surface area (Å²) in [6.45, 7) is 8.01. The van der Waals surface area contributed by atoms with E-state index in [1.54, 1.807) is 16.0 Å². The van der Waals surface area contributed by atoms with Gasteiger partial charge in [-0.1, -0.05) is 11.3 Å². The summed E-state index contributed by atoms with van der Waals surface area (Å²) in [7, 11) is 1.81. The molecule has 3 aromatic rings. The lowest BCUT2D eigenvalue weighted by molar-refractivity contribution is 0.102. The number of aromatic nitrogens is 3. The van der Waals surface area contributed by atoms with Gasteiger partial charge in [0.25, 0.3) is 5.91 Å². The van der Waals surface area contributed by atoms with E-state index in [9.17, 15) is 4.79 Å². The Morgan fingerprint density at radius 2 is 2.04 bits per heavy atom. The highest BCUT2D eigenvalue weighted by Crippen LogP contribution is 2.34. The number of carbonyl (C=O) groups is 1. The van der Waals surface area contributed by atoms with Gasteiger partial charge in [-0.3, -0.25) is 9.48 Å². The first kappa shape index (κ1) is 15.9. The molecule has 3 heterocycles. The first-order chi connectivity index (χ1) is 11.0. The van der Waals surface area contributed by atoms with E-state index in [4.69, 9.17) is 0 Å². The largest absolute Gasteiger partial charge is 0.349 e. The molecule has 0 atom stereocenters. The van der Waals surface area contributed by atoms with Crippen molar-refractivity contribution in [2.24, 2.45) is 7.05 Å². The molecular formula is C15H19N5OS2. The summed E-state index contributed by atoms with van der Waals surface area (Å²) in [6.07, 6.45) is 0. The van der Waals surface area contributed by atoms with E-state index < -0.39 is 0 Å². The van der Waals surface area contributed by atoms with Crippen LogP contribution in [0.25, 0.3) is 9.53 Å². The first-order valence-corrected chi connectivity index (χ1v) is 9.12. The van der Waals surface area contributed by atoms with Gasteiger partial charge in [-0.25, -0.2) is 4.98 Å². The number of rotatable bonds is 5. The summed E-state index contributed by atoms with van der Waals surface area (Å²) >= 11 is 3.06. The average Bonchev–Trinajstić information content (AvgIpc) is 3.14. The minimum Gasteiger partial charge on any atom is -0.349 e. The van der Waals surface area contributed by atoms with Gasteiger partial charge in [0.1, 0.15) is 10.6 Å². The average molecular weight is 349 g/mol. The second-order valence-electron chi connectivity index (χ2n) is 5.20. The van der Waals surface area contributed by atoms with Crippen LogP contribution in [0.1, 0.15) is 29.2 Å². The first-order valence-electron chi connectivity index (χ1n) is 7.49. The molecule has 3 rings (SSSR count). The van der Waals surface area contributed by atoms with E-state index in [1.807, 2.05) is 26.1 Å². The van der Waals surface area contributed by atoms with Crippen LogP contribution in [0.2, 0.25) is 0 Å². The number of fused-ring (bicyclic) bond motifs is 1. The molecular weight excluding hydrogens is 330 g/mol. The number of hydrogen-bond donors (Lipinski definition) is 1. The minimum atomic E-state index is -0.118. The number of nitrogens with zero attached hydrogens (tertiary/aromatic N) is 4. The third-order valence-electron chi connectivity index (χ3n) is 3.58. The van der Waals surface area contributed by atoms with Gasteiger partial charge < -0.3 is 10.2 Å². The van der Waals surface area contributed by atoms with Gasteiger partial charge in [-0.2, -0.15) is 5.10 Å². The molecule has 0 bridgehead atoms. The molecule has 0 aliphatic carbocycles. The Kier molecular flexibility index (Phi) is 4.36. The van der Waals surface area contributed by atoms with Gasteiger partial charge >= 0.3 is 0 Å². The second kappa shape index (κ2) is 6.29. The van der Waals surface area contributed by atoms with Crippen LogP contribution in [0.5, 0.6) is 0 Å². The van der Waals surface area contributed by atoms with Crippen LogP contribution in [-0.2, 0) is 7.05 Å². The maximum absolute atomic E-state index is 12.4. The number of anilines is 2. The van der Waals surface area contributed by atoms with Crippen LogP contribution in [0, 0.1) is 6.92 Å². The van der Waals surface area contributed by atoms with E-state index in [-0.39, 0.29) is 5.91 Å². The van der Waals surface area contributed by atoms with Crippen molar-refractivity contribution in [3.8, 4) is 0 Å². The number of amides is 1. The quantitative estimate of drug-likeness (QED) is 0.766. The molecule has 6 nitrogen and oxygen atoms in total. The molecule has 23 heavy (non-hydrogen) atoms. The SMILES string of the molecule is CCN(CC)c1nc2sc(C(=O)Nc3cc(C)nn3C)cc2s1. The molecule has 0 aliphatic heterocycles. The summed E-state index contributed by atoms with van der Waals surface area (Å²) in [5, 5.41) is 8.15. The molecule has 0 radical (unpaired) electrons. The summed E-state index contributed by atoms with van der Waals surface area (Å²) < 4.78 is 2.73. The Bertz CT molecular complexity index is 812. The van der Waals surface area contributed by atoms with Crippen molar-refractivity contribution in [1.82, 2.24) is 14.8 Å². The van der Waals surface area contributed by atoms with E-state index in [0.29, 0.717) is 10.7 Å². The predicted octanol–water partition coefficient (Wildman–Crippen LogP) is 3.50. The van der Waals surface area contributed by atoms with Crippen molar-refractivity contribution < 1.29 is 4.79 Å². The van der Waals surface area contributed by atoms with Gasteiger partial charge in [-0.15, -0.1) is 11.3 Å². The lowest BCUT2D eigenvalue weighted by Crippen LogP contribution is -2.21. The van der Waals surface area contributed by atoms with Gasteiger partial charge in [0.05, 0.1) is 15.3 Å². The van der Waals surface area contributed by atoms with Crippen molar-refractivity contribution in [2.45, 2.75) is 20.8 Å². The normalized spacial score (nSPS) is 11.1. The number of nitrogens with one attached hydrogen (secondary N) is 1. The van der Waals surface area contributed by atoms with Crippen molar-refractivity contribution in [1.29, 1.82) is 0 Å². The molecule has 1 N–H and O–H groups in total. The highest BCUT2D eigenvalue weighted by molar-refractivity contribution is 7.29. The molecule has 0 fully saturated rings. The smallest absolute Gasteiger partial charge is 0.267 e. The number of thiophene rings is 1. The van der Waals surface area contributed by atoms with Crippen molar-refractivity contribution in [3.05, 3.63) is 22.7 Å². The summed E-state index contributed by atoms with van der Waals surface area (Å²) in [4.78, 5) is 20.9. The zero-order chi connectivity index (χ0) is 16.6. The van der Waals surface area contributed by atoms with E-state index in [1.165, 1.54) is 11.3 Å². The van der Waals surface area contributed by atoms with Gasteiger partial charge in [0.2, 0.25) is 0 Å². The lowest BCUT2D eigenvalue weighted by atomic mass is 10.4. The summed E-state index contributed by atoms with van der Waals surface area (Å²) in [5.74, 6) is 0.577. The molecule has 0 saturated carbocycles. The highest BCUT2D eigenvalue weighted by atomic mass is 32.1. The van der Waals surface area contributed by atoms with Crippen molar-refractivity contribution >= 4 is 49.1 Å². The number of carbonyl (C=O) groups excluding carboxylic acids is 1. The van der Waals surface area contributed by atoms with Crippen LogP contribution >= 0.6 is 22.7 Å². The maximum Gasteiger partial charge on any atom is 0.267 e. The van der Waals surface area contributed by atoms with Crippen LogP contribution in [-0.4, -0.2) is 33.8 Å². The monoisotopic (exact) mass is 349 g/mol. The van der Waals surface area contributed by atoms with E-state index in [0.717, 1.165) is 33.4 Å². The lowest BCUT2D eigenvalue weighted by Gasteiger charge is -2.16. The Morgan fingerprint density at radius 3 is 2.61 bits per heavy atom. The summed E-state index contributed by atoms with van der Waals surface area (Å²) in [5.41, 5.74) is 0.875. The molecule has 0 aromatic carbocycles. The van der Waals surface area contributed by atoms with Crippen molar-refractivity contribution in [3.63, 3.8) is 0 Å². The second-order valence-corrected chi connectivity index (χ2v) is 7.24. The van der Waals surface area contributed by atoms with Crippen molar-refractivity contribution in [2.75, 3.05) is 23.3 Å². The molecule has 122 valence electrons. The van der Waals surface area contributed by atoms with Crippen LogP contribution in [0.15, 0.2) is 12.1 Å². The van der Waals surface area contributed by atoms with Crippen LogP contribution in [0.4, 0.5) is 10.9 Å². The van der Waals surface area contributed by atoms with Crippen LogP contribution in [0.3, 0.4) is 0 Å². The standard InChI is InChI=1S/C15H19N5OS2/c1-5-20(6-2)15-17-14-11(23-15)8-10(22-14)13(21)16-12-7-9(3)18-19(12)4/h7-8H,5-6H2,1-4H3,(H,16,21). The molecule has 8 heteroatoms. The fourth-order valence-corrected chi connectivity index (χ4v) is 4.60. The predicted molar refractivity (Wildman–Crippen MR) is 97.0 cm³/mol. The molecule has 1 amide bonds. The zero-order valence-electron chi connectivity index (χ0n) is 13.6. The number of aryl methyl sites for hydroxylation is 2. The Morgan fingerprint density at radius 1 is 1.30 bits per heavy atom. The molecule has 0 aliphatic rings. The van der Waals surface area contributed by atoms with E-state index in [2.05, 4.69) is 34.1 Å². The third kappa shape index (κ3) is 3.09. The number of hydrogen-bond acceptors (Lipinski definition) is 6. The van der Waals surface area contributed by atoms with E-state index >= 15 is 0 Å². The highest BCUT2D eigenvalue weighted by Gasteiger charge is 2.17. The fourth-order valence-electron chi connectivity index (χ4n) is 2.37. The van der Waals surface area contributed by atoms with Gasteiger partial charge in [-0.05, 0) is 26.8 Å². The fraction of sp³-hybridized carbons (Fsp3) is 0.400. The molecule has 0 saturated heterocycles. The zero-order valence-corrected chi connectivity index (χ0v) is 15.2. The Balaban J connectivity index is 1.82. The molecule has 3 aromatic heterocycles. The molecule has 0 unspecified atom stereocenters. The Hall–Kier alpha value is -1.93. The minimum absolute atomic E-state index is 0.118. The third-order valence-corrected chi connectivity index (χ3v) is 5.80. The topological polar surface area (TPSA) is 63.1 Å². The maximum atomic E-state index is 12.4. The summed E-state index contributed by atoms with van der Waals surface area (Å²) in [6, 6.07) is 3.77. The van der Waals surface area contributed by atoms with Crippen LogP contribution < -0.4 is 10.2 Å². The Labute approximate surface area is 142 Å². The molecule has 0 spiro atoms.